The van der Waals surface area contributed by atoms with Crippen LogP contribution in [0.25, 0.3) is 0 Å². The van der Waals surface area contributed by atoms with E-state index in [0.29, 0.717) is 22.9 Å². The van der Waals surface area contributed by atoms with Crippen molar-refractivity contribution in [2.45, 2.75) is 6.54 Å². The van der Waals surface area contributed by atoms with Gasteiger partial charge in [0.2, 0.25) is 0 Å². The van der Waals surface area contributed by atoms with Crippen molar-refractivity contribution in [1.29, 1.82) is 0 Å². The smallest absolute Gasteiger partial charge is 0.258 e. The molecular weight excluding hydrogens is 378 g/mol. The molecule has 0 atom stereocenters. The van der Waals surface area contributed by atoms with Crippen LogP contribution < -0.4 is 4.90 Å². The van der Waals surface area contributed by atoms with E-state index in [1.807, 2.05) is 30.3 Å². The second kappa shape index (κ2) is 7.02. The summed E-state index contributed by atoms with van der Waals surface area (Å²) < 4.78 is 6.32. The third-order valence-corrected chi connectivity index (χ3v) is 4.15. The summed E-state index contributed by atoms with van der Waals surface area (Å²) in [6.07, 6.45) is 1.60. The van der Waals surface area contributed by atoms with Gasteiger partial charge in [-0.2, -0.15) is 0 Å². The molecule has 0 fully saturated rings. The van der Waals surface area contributed by atoms with Crippen LogP contribution in [-0.2, 0) is 6.54 Å². The number of halogens is 2. The Morgan fingerprint density at radius 2 is 1.74 bits per heavy atom. The fourth-order valence-electron chi connectivity index (χ4n) is 2.21. The van der Waals surface area contributed by atoms with E-state index in [1.165, 1.54) is 0 Å². The van der Waals surface area contributed by atoms with Crippen molar-refractivity contribution in [2.24, 2.45) is 0 Å². The van der Waals surface area contributed by atoms with E-state index in [2.05, 4.69) is 15.9 Å². The maximum absolute atomic E-state index is 12.9. The van der Waals surface area contributed by atoms with Crippen LogP contribution in [0.1, 0.15) is 16.1 Å². The standard InChI is InChI=1S/C18H13BrClNO2/c19-14-5-3-13(4-6-14)18(22)21(12-17-2-1-11-23-17)16-9-7-15(20)8-10-16/h1-11H,12H2. The first-order valence-electron chi connectivity index (χ1n) is 6.99. The van der Waals surface area contributed by atoms with E-state index in [1.54, 1.807) is 41.5 Å². The topological polar surface area (TPSA) is 33.5 Å². The van der Waals surface area contributed by atoms with Crippen molar-refractivity contribution in [1.82, 2.24) is 0 Å². The van der Waals surface area contributed by atoms with Crippen LogP contribution in [0.15, 0.2) is 75.8 Å². The van der Waals surface area contributed by atoms with Crippen LogP contribution in [0.4, 0.5) is 5.69 Å². The Balaban J connectivity index is 1.95. The molecule has 1 heterocycles. The highest BCUT2D eigenvalue weighted by Crippen LogP contribution is 2.23. The molecule has 0 bridgehead atoms. The molecule has 0 N–H and O–H groups in total. The maximum Gasteiger partial charge on any atom is 0.258 e. The summed E-state index contributed by atoms with van der Waals surface area (Å²) in [5.41, 5.74) is 1.37. The zero-order valence-corrected chi connectivity index (χ0v) is 14.4. The molecule has 3 nitrogen and oxygen atoms in total. The number of benzene rings is 2. The predicted octanol–water partition coefficient (Wildman–Crippen LogP) is 5.54. The first-order chi connectivity index (χ1) is 11.1. The predicted molar refractivity (Wildman–Crippen MR) is 94.8 cm³/mol. The monoisotopic (exact) mass is 389 g/mol. The summed E-state index contributed by atoms with van der Waals surface area (Å²) in [4.78, 5) is 14.6. The van der Waals surface area contributed by atoms with Crippen molar-refractivity contribution >= 4 is 39.1 Å². The molecule has 23 heavy (non-hydrogen) atoms. The lowest BCUT2D eigenvalue weighted by atomic mass is 10.1. The van der Waals surface area contributed by atoms with Crippen LogP contribution in [-0.4, -0.2) is 5.91 Å². The van der Waals surface area contributed by atoms with Crippen LogP contribution >= 0.6 is 27.5 Å². The molecular formula is C18H13BrClNO2. The zero-order chi connectivity index (χ0) is 16.2. The zero-order valence-electron chi connectivity index (χ0n) is 12.1. The van der Waals surface area contributed by atoms with E-state index < -0.39 is 0 Å². The Bertz CT molecular complexity index is 783. The highest BCUT2D eigenvalue weighted by Gasteiger charge is 2.19. The normalized spacial score (nSPS) is 10.5. The van der Waals surface area contributed by atoms with E-state index >= 15 is 0 Å². The SMILES string of the molecule is O=C(c1ccc(Br)cc1)N(Cc1ccco1)c1ccc(Cl)cc1. The highest BCUT2D eigenvalue weighted by molar-refractivity contribution is 9.10. The molecule has 116 valence electrons. The van der Waals surface area contributed by atoms with Crippen molar-refractivity contribution in [3.05, 3.63) is 87.7 Å². The van der Waals surface area contributed by atoms with Gasteiger partial charge in [0, 0.05) is 20.7 Å². The van der Waals surface area contributed by atoms with Crippen LogP contribution in [0.5, 0.6) is 0 Å². The molecule has 0 spiro atoms. The van der Waals surface area contributed by atoms with E-state index in [4.69, 9.17) is 16.0 Å². The van der Waals surface area contributed by atoms with Crippen LogP contribution in [0, 0.1) is 0 Å². The second-order valence-electron chi connectivity index (χ2n) is 4.95. The maximum atomic E-state index is 12.9. The minimum Gasteiger partial charge on any atom is -0.467 e. The molecule has 3 aromatic rings. The number of hydrogen-bond donors (Lipinski definition) is 0. The quantitative estimate of drug-likeness (QED) is 0.586. The minimum atomic E-state index is -0.101. The van der Waals surface area contributed by atoms with Crippen molar-refractivity contribution in [3.8, 4) is 0 Å². The highest BCUT2D eigenvalue weighted by atomic mass is 79.9. The molecule has 0 aliphatic heterocycles. The number of carbonyl (C=O) groups excluding carboxylic acids is 1. The van der Waals surface area contributed by atoms with Crippen LogP contribution in [0.3, 0.4) is 0 Å². The average Bonchev–Trinajstić information content (AvgIpc) is 3.07. The lowest BCUT2D eigenvalue weighted by molar-refractivity contribution is 0.0983. The van der Waals surface area contributed by atoms with E-state index in [9.17, 15) is 4.79 Å². The number of rotatable bonds is 4. The Kier molecular flexibility index (Phi) is 4.84. The molecule has 5 heteroatoms. The summed E-state index contributed by atoms with van der Waals surface area (Å²) in [6, 6.07) is 18.1. The van der Waals surface area contributed by atoms with Gasteiger partial charge >= 0.3 is 0 Å². The average molecular weight is 391 g/mol. The molecule has 0 saturated carbocycles. The first-order valence-corrected chi connectivity index (χ1v) is 8.16. The van der Waals surface area contributed by atoms with Gasteiger partial charge in [0.1, 0.15) is 5.76 Å². The van der Waals surface area contributed by atoms with E-state index in [-0.39, 0.29) is 5.91 Å². The Morgan fingerprint density at radius 1 is 1.04 bits per heavy atom. The molecule has 3 rings (SSSR count). The lowest BCUT2D eigenvalue weighted by Crippen LogP contribution is -2.30. The molecule has 1 amide bonds. The van der Waals surface area contributed by atoms with Gasteiger partial charge in [-0.25, -0.2) is 0 Å². The summed E-state index contributed by atoms with van der Waals surface area (Å²) in [6.45, 7) is 0.351. The molecule has 0 aliphatic rings. The van der Waals surface area contributed by atoms with Crippen molar-refractivity contribution in [2.75, 3.05) is 4.90 Å². The summed E-state index contributed by atoms with van der Waals surface area (Å²) >= 11 is 9.32. The third-order valence-electron chi connectivity index (χ3n) is 3.37. The van der Waals surface area contributed by atoms with Gasteiger partial charge in [0.05, 0.1) is 12.8 Å². The van der Waals surface area contributed by atoms with Crippen molar-refractivity contribution < 1.29 is 9.21 Å². The van der Waals surface area contributed by atoms with Gasteiger partial charge in [-0.05, 0) is 60.7 Å². The Hall–Kier alpha value is -2.04. The largest absolute Gasteiger partial charge is 0.467 e. The molecule has 0 aliphatic carbocycles. The van der Waals surface area contributed by atoms with Gasteiger partial charge in [-0.1, -0.05) is 27.5 Å². The van der Waals surface area contributed by atoms with Crippen molar-refractivity contribution in [3.63, 3.8) is 0 Å². The summed E-state index contributed by atoms with van der Waals surface area (Å²) in [5, 5.41) is 0.628. The minimum absolute atomic E-state index is 0.101. The van der Waals surface area contributed by atoms with Gasteiger partial charge in [0.15, 0.2) is 0 Å². The fourth-order valence-corrected chi connectivity index (χ4v) is 2.60. The number of furan rings is 1. The van der Waals surface area contributed by atoms with Crippen LogP contribution in [0.2, 0.25) is 5.02 Å². The Morgan fingerprint density at radius 3 is 2.35 bits per heavy atom. The molecule has 1 aromatic heterocycles. The van der Waals surface area contributed by atoms with E-state index in [0.717, 1.165) is 10.2 Å². The van der Waals surface area contributed by atoms with Gasteiger partial charge in [-0.3, -0.25) is 4.79 Å². The molecule has 0 radical (unpaired) electrons. The fraction of sp³-hybridized carbons (Fsp3) is 0.0556. The van der Waals surface area contributed by atoms with Gasteiger partial charge < -0.3 is 9.32 Å². The molecule has 0 saturated heterocycles. The van der Waals surface area contributed by atoms with Gasteiger partial charge in [0.25, 0.3) is 5.91 Å². The first kappa shape index (κ1) is 15.8. The summed E-state index contributed by atoms with van der Waals surface area (Å²) in [5.74, 6) is 0.613. The summed E-state index contributed by atoms with van der Waals surface area (Å²) in [7, 11) is 0. The van der Waals surface area contributed by atoms with Gasteiger partial charge in [-0.15, -0.1) is 0 Å². The second-order valence-corrected chi connectivity index (χ2v) is 6.31. The molecule has 0 unspecified atom stereocenters. The number of anilines is 1. The number of amides is 1. The Labute approximate surface area is 147 Å². The lowest BCUT2D eigenvalue weighted by Gasteiger charge is -2.22. The number of carbonyl (C=O) groups is 1. The number of hydrogen-bond acceptors (Lipinski definition) is 2. The molecule has 2 aromatic carbocycles. The number of nitrogens with zero attached hydrogens (tertiary/aromatic N) is 1. The third kappa shape index (κ3) is 3.84.